The van der Waals surface area contributed by atoms with Crippen LogP contribution in [0, 0.1) is 17.1 Å². The van der Waals surface area contributed by atoms with Gasteiger partial charge >= 0.3 is 0 Å². The van der Waals surface area contributed by atoms with Gasteiger partial charge in [0, 0.05) is 5.25 Å². The summed E-state index contributed by atoms with van der Waals surface area (Å²) in [7, 11) is 0. The Kier molecular flexibility index (Phi) is 3.68. The third-order valence-corrected chi connectivity index (χ3v) is 5.71. The summed E-state index contributed by atoms with van der Waals surface area (Å²) < 4.78 is 15.0. The molecule has 1 aromatic carbocycles. The fourth-order valence-electron chi connectivity index (χ4n) is 2.43. The molecule has 2 atom stereocenters. The number of hydrogen-bond donors (Lipinski definition) is 1. The maximum Gasteiger partial charge on any atom is 0.143 e. The number of anilines is 1. The summed E-state index contributed by atoms with van der Waals surface area (Å²) in [5.41, 5.74) is 1.93. The molecule has 2 nitrogen and oxygen atoms in total. The van der Waals surface area contributed by atoms with E-state index in [-0.39, 0.29) is 11.6 Å². The summed E-state index contributed by atoms with van der Waals surface area (Å²) in [6.07, 6.45) is 0.968. The molecule has 5 heteroatoms. The predicted molar refractivity (Wildman–Crippen MR) is 81.7 cm³/mol. The van der Waals surface area contributed by atoms with Crippen LogP contribution in [-0.2, 0) is 0 Å². The second-order valence-electron chi connectivity index (χ2n) is 4.80. The van der Waals surface area contributed by atoms with Crippen molar-refractivity contribution in [3.8, 4) is 6.07 Å². The van der Waals surface area contributed by atoms with Gasteiger partial charge in [0.2, 0.25) is 0 Å². The van der Waals surface area contributed by atoms with Crippen molar-refractivity contribution in [2.75, 3.05) is 5.32 Å². The number of hydrogen-bond acceptors (Lipinski definition) is 4. The smallest absolute Gasteiger partial charge is 0.143 e. The lowest BCUT2D eigenvalue weighted by atomic mass is 10.0. The molecule has 1 N–H and O–H groups in total. The van der Waals surface area contributed by atoms with Gasteiger partial charge in [0.15, 0.2) is 0 Å². The Morgan fingerprint density at radius 3 is 3.05 bits per heavy atom. The van der Waals surface area contributed by atoms with Gasteiger partial charge in [0.05, 0.1) is 15.9 Å². The number of nitriles is 1. The highest BCUT2D eigenvalue weighted by Crippen LogP contribution is 2.45. The molecule has 20 heavy (non-hydrogen) atoms. The van der Waals surface area contributed by atoms with Gasteiger partial charge in [-0.1, -0.05) is 13.0 Å². The highest BCUT2D eigenvalue weighted by atomic mass is 32.2. The Morgan fingerprint density at radius 1 is 1.40 bits per heavy atom. The van der Waals surface area contributed by atoms with E-state index in [0.717, 1.165) is 6.42 Å². The van der Waals surface area contributed by atoms with Crippen molar-refractivity contribution in [1.29, 1.82) is 5.26 Å². The number of rotatable bonds is 2. The first-order valence-electron chi connectivity index (χ1n) is 6.38. The number of thioether (sulfide) groups is 1. The fourth-order valence-corrected chi connectivity index (χ4v) is 5.00. The van der Waals surface area contributed by atoms with Gasteiger partial charge in [0.25, 0.3) is 0 Å². The molecule has 0 bridgehead atoms. The van der Waals surface area contributed by atoms with Crippen molar-refractivity contribution in [3.63, 3.8) is 0 Å². The molecule has 102 valence electrons. The fraction of sp³-hybridized carbons (Fsp3) is 0.267. The third kappa shape index (κ3) is 2.41. The summed E-state index contributed by atoms with van der Waals surface area (Å²) >= 11 is 3.63. The first-order chi connectivity index (χ1) is 9.69. The predicted octanol–water partition coefficient (Wildman–Crippen LogP) is 4.80. The average molecular weight is 304 g/mol. The van der Waals surface area contributed by atoms with Crippen molar-refractivity contribution in [2.24, 2.45) is 0 Å². The van der Waals surface area contributed by atoms with Gasteiger partial charge in [-0.05, 0) is 35.6 Å². The molecule has 0 saturated heterocycles. The van der Waals surface area contributed by atoms with Crippen LogP contribution in [0.4, 0.5) is 10.1 Å². The maximum atomic E-state index is 13.7. The van der Waals surface area contributed by atoms with Gasteiger partial charge in [-0.3, -0.25) is 0 Å². The van der Waals surface area contributed by atoms with Crippen LogP contribution in [0.1, 0.15) is 30.5 Å². The Morgan fingerprint density at radius 2 is 2.25 bits per heavy atom. The number of halogens is 1. The van der Waals surface area contributed by atoms with Crippen LogP contribution in [-0.4, -0.2) is 5.25 Å². The molecular weight excluding hydrogens is 291 g/mol. The molecule has 1 aliphatic rings. The summed E-state index contributed by atoms with van der Waals surface area (Å²) in [6.45, 7) is 2.19. The standard InChI is InChI=1S/C15H13FN2S2/c1-9-7-14(10-5-6-19-15(10)20-9)18-13-4-2-3-12(16)11(13)8-17/h2-6,9,14,18H,7H2,1H3/t9-,14?/m0/s1. The largest absolute Gasteiger partial charge is 0.377 e. The third-order valence-electron chi connectivity index (χ3n) is 3.36. The molecule has 1 aromatic heterocycles. The van der Waals surface area contributed by atoms with Gasteiger partial charge in [-0.15, -0.1) is 23.1 Å². The SMILES string of the molecule is C[C@H]1CC(Nc2cccc(F)c2C#N)c2ccsc2S1. The second-order valence-corrected chi connectivity index (χ2v) is 7.42. The summed E-state index contributed by atoms with van der Waals surface area (Å²) in [5.74, 6) is -0.471. The van der Waals surface area contributed by atoms with Crippen LogP contribution < -0.4 is 5.32 Å². The number of thiophene rings is 1. The molecule has 0 aliphatic carbocycles. The molecule has 0 fully saturated rings. The number of nitrogens with zero attached hydrogens (tertiary/aromatic N) is 1. The minimum atomic E-state index is -0.471. The van der Waals surface area contributed by atoms with E-state index in [9.17, 15) is 4.39 Å². The van der Waals surface area contributed by atoms with E-state index in [1.807, 2.05) is 17.8 Å². The molecular formula is C15H13FN2S2. The second kappa shape index (κ2) is 5.47. The lowest BCUT2D eigenvalue weighted by Gasteiger charge is -2.28. The van der Waals surface area contributed by atoms with Crippen molar-refractivity contribution < 1.29 is 4.39 Å². The summed E-state index contributed by atoms with van der Waals surface area (Å²) in [4.78, 5) is 0. The van der Waals surface area contributed by atoms with E-state index >= 15 is 0 Å². The molecule has 2 aromatic rings. The molecule has 3 rings (SSSR count). The van der Waals surface area contributed by atoms with Crippen LogP contribution >= 0.6 is 23.1 Å². The molecule has 0 amide bonds. The Labute approximate surface area is 125 Å². The normalized spacial score (nSPS) is 21.1. The molecule has 0 spiro atoms. The highest BCUT2D eigenvalue weighted by Gasteiger charge is 2.26. The van der Waals surface area contributed by atoms with Gasteiger partial charge in [-0.25, -0.2) is 4.39 Å². The highest BCUT2D eigenvalue weighted by molar-refractivity contribution is 8.01. The van der Waals surface area contributed by atoms with Crippen LogP contribution in [0.2, 0.25) is 0 Å². The quantitative estimate of drug-likeness (QED) is 0.866. The zero-order valence-corrected chi connectivity index (χ0v) is 12.5. The van der Waals surface area contributed by atoms with E-state index < -0.39 is 5.82 Å². The van der Waals surface area contributed by atoms with Crippen LogP contribution in [0.15, 0.2) is 33.9 Å². The molecule has 1 aliphatic heterocycles. The zero-order valence-electron chi connectivity index (χ0n) is 10.9. The average Bonchev–Trinajstić information content (AvgIpc) is 2.87. The monoisotopic (exact) mass is 304 g/mol. The minimum absolute atomic E-state index is 0.0927. The lowest BCUT2D eigenvalue weighted by Crippen LogP contribution is -2.19. The van der Waals surface area contributed by atoms with Crippen LogP contribution in [0.5, 0.6) is 0 Å². The van der Waals surface area contributed by atoms with Crippen molar-refractivity contribution in [1.82, 2.24) is 0 Å². The van der Waals surface area contributed by atoms with Gasteiger partial charge < -0.3 is 5.32 Å². The first-order valence-corrected chi connectivity index (χ1v) is 8.14. The van der Waals surface area contributed by atoms with Crippen LogP contribution in [0.25, 0.3) is 0 Å². The van der Waals surface area contributed by atoms with Crippen LogP contribution in [0.3, 0.4) is 0 Å². The topological polar surface area (TPSA) is 35.8 Å². The number of benzene rings is 1. The van der Waals surface area contributed by atoms with E-state index in [1.54, 1.807) is 23.5 Å². The van der Waals surface area contributed by atoms with Gasteiger partial charge in [-0.2, -0.15) is 5.26 Å². The van der Waals surface area contributed by atoms with E-state index in [0.29, 0.717) is 10.9 Å². The maximum absolute atomic E-state index is 13.7. The van der Waals surface area contributed by atoms with Crippen molar-refractivity contribution >= 4 is 28.8 Å². The minimum Gasteiger partial charge on any atom is -0.377 e. The molecule has 2 heterocycles. The van der Waals surface area contributed by atoms with E-state index in [4.69, 9.17) is 5.26 Å². The summed E-state index contributed by atoms with van der Waals surface area (Å²) in [5, 5.41) is 15.0. The molecule has 1 unspecified atom stereocenters. The van der Waals surface area contributed by atoms with Crippen molar-refractivity contribution in [2.45, 2.75) is 28.8 Å². The number of nitrogens with one attached hydrogen (secondary N) is 1. The first kappa shape index (κ1) is 13.5. The Balaban J connectivity index is 1.94. The summed E-state index contributed by atoms with van der Waals surface area (Å²) in [6, 6.07) is 8.91. The Hall–Kier alpha value is -1.51. The Bertz CT molecular complexity index is 675. The van der Waals surface area contributed by atoms with Gasteiger partial charge in [0.1, 0.15) is 17.4 Å². The van der Waals surface area contributed by atoms with Crippen molar-refractivity contribution in [3.05, 3.63) is 46.6 Å². The molecule has 0 radical (unpaired) electrons. The molecule has 0 saturated carbocycles. The lowest BCUT2D eigenvalue weighted by molar-refractivity contribution is 0.622. The zero-order chi connectivity index (χ0) is 14.1. The van der Waals surface area contributed by atoms with E-state index in [2.05, 4.69) is 23.7 Å². The van der Waals surface area contributed by atoms with E-state index in [1.165, 1.54) is 15.8 Å². The number of fused-ring (bicyclic) bond motifs is 1.